The quantitative estimate of drug-likeness (QED) is 0.802. The van der Waals surface area contributed by atoms with Crippen molar-refractivity contribution in [3.63, 3.8) is 0 Å². The van der Waals surface area contributed by atoms with E-state index < -0.39 is 0 Å². The second kappa shape index (κ2) is 5.80. The summed E-state index contributed by atoms with van der Waals surface area (Å²) in [5.74, 6) is 0.676. The van der Waals surface area contributed by atoms with E-state index >= 15 is 0 Å². The number of fused-ring (bicyclic) bond motifs is 1. The summed E-state index contributed by atoms with van der Waals surface area (Å²) in [6.45, 7) is 0. The third-order valence-electron chi connectivity index (χ3n) is 3.51. The summed E-state index contributed by atoms with van der Waals surface area (Å²) in [5, 5.41) is 12.6. The van der Waals surface area contributed by atoms with Gasteiger partial charge in [0.2, 0.25) is 0 Å². The highest BCUT2D eigenvalue weighted by Gasteiger charge is 2.15. The van der Waals surface area contributed by atoms with Gasteiger partial charge >= 0.3 is 0 Å². The summed E-state index contributed by atoms with van der Waals surface area (Å²) in [6, 6.07) is 12.3. The molecule has 0 saturated heterocycles. The number of nitriles is 1. The van der Waals surface area contributed by atoms with E-state index in [2.05, 4.69) is 39.0 Å². The first-order chi connectivity index (χ1) is 9.76. The molecule has 1 aromatic heterocycles. The van der Waals surface area contributed by atoms with E-state index in [0.717, 1.165) is 27.8 Å². The van der Waals surface area contributed by atoms with Gasteiger partial charge in [-0.2, -0.15) is 5.26 Å². The van der Waals surface area contributed by atoms with Crippen molar-refractivity contribution in [2.24, 2.45) is 0 Å². The van der Waals surface area contributed by atoms with E-state index in [1.165, 1.54) is 18.4 Å². The van der Waals surface area contributed by atoms with Crippen LogP contribution in [0.2, 0.25) is 0 Å². The Morgan fingerprint density at radius 3 is 2.85 bits per heavy atom. The highest BCUT2D eigenvalue weighted by atomic mass is 127. The highest BCUT2D eigenvalue weighted by molar-refractivity contribution is 14.1. The SMILES string of the molecule is N#Cc1cc2c(nc1Nc1cccc(I)c1)CCCC2. The van der Waals surface area contributed by atoms with E-state index in [1.54, 1.807) is 0 Å². The van der Waals surface area contributed by atoms with Gasteiger partial charge in [0, 0.05) is 15.0 Å². The molecule has 2 aromatic rings. The number of rotatable bonds is 2. The van der Waals surface area contributed by atoms with Crippen LogP contribution in [0.25, 0.3) is 0 Å². The van der Waals surface area contributed by atoms with E-state index in [0.29, 0.717) is 11.4 Å². The predicted octanol–water partition coefficient (Wildman–Crippen LogP) is 4.18. The largest absolute Gasteiger partial charge is 0.339 e. The molecule has 3 rings (SSSR count). The molecule has 1 aromatic carbocycles. The third kappa shape index (κ3) is 2.78. The van der Waals surface area contributed by atoms with Crippen LogP contribution in [0.4, 0.5) is 11.5 Å². The smallest absolute Gasteiger partial charge is 0.148 e. The number of anilines is 2. The molecule has 0 unspecified atom stereocenters. The van der Waals surface area contributed by atoms with Crippen molar-refractivity contribution in [2.45, 2.75) is 25.7 Å². The molecule has 3 nitrogen and oxygen atoms in total. The van der Waals surface area contributed by atoms with E-state index in [1.807, 2.05) is 30.3 Å². The second-order valence-corrected chi connectivity index (χ2v) is 6.19. The monoisotopic (exact) mass is 375 g/mol. The van der Waals surface area contributed by atoms with Crippen LogP contribution in [0.3, 0.4) is 0 Å². The van der Waals surface area contributed by atoms with E-state index in [9.17, 15) is 5.26 Å². The normalized spacial score (nSPS) is 13.4. The van der Waals surface area contributed by atoms with Crippen molar-refractivity contribution >= 4 is 34.1 Å². The molecule has 0 saturated carbocycles. The fourth-order valence-corrected chi connectivity index (χ4v) is 3.06. The lowest BCUT2D eigenvalue weighted by molar-refractivity contribution is 0.668. The van der Waals surface area contributed by atoms with Crippen molar-refractivity contribution < 1.29 is 0 Å². The minimum Gasteiger partial charge on any atom is -0.339 e. The Labute approximate surface area is 132 Å². The van der Waals surface area contributed by atoms with Gasteiger partial charge in [-0.25, -0.2) is 4.98 Å². The molecule has 1 heterocycles. The minimum absolute atomic E-state index is 0.629. The fraction of sp³-hybridized carbons (Fsp3) is 0.250. The van der Waals surface area contributed by atoms with Gasteiger partial charge in [-0.3, -0.25) is 0 Å². The van der Waals surface area contributed by atoms with Crippen LogP contribution >= 0.6 is 22.6 Å². The first kappa shape index (κ1) is 13.4. The Bertz CT molecular complexity index is 689. The molecule has 1 aliphatic rings. The van der Waals surface area contributed by atoms with Crippen LogP contribution in [0.5, 0.6) is 0 Å². The Kier molecular flexibility index (Phi) is 3.88. The average Bonchev–Trinajstić information content (AvgIpc) is 2.46. The fourth-order valence-electron chi connectivity index (χ4n) is 2.52. The van der Waals surface area contributed by atoms with E-state index in [-0.39, 0.29) is 0 Å². The Morgan fingerprint density at radius 2 is 2.05 bits per heavy atom. The van der Waals surface area contributed by atoms with E-state index in [4.69, 9.17) is 0 Å². The molecule has 0 radical (unpaired) electrons. The molecule has 20 heavy (non-hydrogen) atoms. The van der Waals surface area contributed by atoms with Gasteiger partial charge in [0.05, 0.1) is 5.56 Å². The number of aryl methyl sites for hydroxylation is 2. The van der Waals surface area contributed by atoms with Crippen LogP contribution in [0, 0.1) is 14.9 Å². The van der Waals surface area contributed by atoms with Crippen molar-refractivity contribution in [3.05, 3.63) is 50.7 Å². The summed E-state index contributed by atoms with van der Waals surface area (Å²) in [5.41, 5.74) is 3.98. The van der Waals surface area contributed by atoms with Gasteiger partial charge in [0.25, 0.3) is 0 Å². The van der Waals surface area contributed by atoms with Crippen molar-refractivity contribution in [3.8, 4) is 6.07 Å². The zero-order valence-electron chi connectivity index (χ0n) is 11.0. The van der Waals surface area contributed by atoms with Gasteiger partial charge < -0.3 is 5.32 Å². The van der Waals surface area contributed by atoms with Gasteiger partial charge in [-0.15, -0.1) is 0 Å². The molecule has 0 amide bonds. The van der Waals surface area contributed by atoms with Crippen molar-refractivity contribution in [2.75, 3.05) is 5.32 Å². The number of nitrogens with one attached hydrogen (secondary N) is 1. The Balaban J connectivity index is 1.98. The molecular formula is C16H14IN3. The Morgan fingerprint density at radius 1 is 1.20 bits per heavy atom. The number of benzene rings is 1. The molecule has 0 fully saturated rings. The van der Waals surface area contributed by atoms with Crippen LogP contribution < -0.4 is 5.32 Å². The zero-order chi connectivity index (χ0) is 13.9. The summed E-state index contributed by atoms with van der Waals surface area (Å²) in [4.78, 5) is 4.67. The van der Waals surface area contributed by atoms with Gasteiger partial charge in [-0.05, 0) is 78.1 Å². The topological polar surface area (TPSA) is 48.7 Å². The molecular weight excluding hydrogens is 361 g/mol. The van der Waals surface area contributed by atoms with Crippen LogP contribution in [-0.2, 0) is 12.8 Å². The number of hydrogen-bond acceptors (Lipinski definition) is 3. The standard InChI is InChI=1S/C16H14IN3/c17-13-5-3-6-14(9-13)19-16-12(10-18)8-11-4-1-2-7-15(11)20-16/h3,5-6,8-9H,1-2,4,7H2,(H,19,20). The Hall–Kier alpha value is -1.61. The van der Waals surface area contributed by atoms with Gasteiger partial charge in [0.15, 0.2) is 0 Å². The molecule has 0 atom stereocenters. The van der Waals surface area contributed by atoms with Gasteiger partial charge in [-0.1, -0.05) is 6.07 Å². The lowest BCUT2D eigenvalue weighted by Gasteiger charge is -2.17. The summed E-state index contributed by atoms with van der Waals surface area (Å²) in [6.07, 6.45) is 4.44. The number of hydrogen-bond donors (Lipinski definition) is 1. The minimum atomic E-state index is 0.629. The van der Waals surface area contributed by atoms with Crippen molar-refractivity contribution in [1.29, 1.82) is 5.26 Å². The number of nitrogens with zero attached hydrogens (tertiary/aromatic N) is 2. The molecule has 0 spiro atoms. The maximum absolute atomic E-state index is 9.32. The average molecular weight is 375 g/mol. The van der Waals surface area contributed by atoms with Gasteiger partial charge in [0.1, 0.15) is 11.9 Å². The second-order valence-electron chi connectivity index (χ2n) is 4.94. The lowest BCUT2D eigenvalue weighted by atomic mass is 9.95. The number of aromatic nitrogens is 1. The van der Waals surface area contributed by atoms with Crippen LogP contribution in [-0.4, -0.2) is 4.98 Å². The summed E-state index contributed by atoms with van der Waals surface area (Å²) < 4.78 is 1.16. The first-order valence-corrected chi connectivity index (χ1v) is 7.79. The maximum atomic E-state index is 9.32. The number of halogens is 1. The zero-order valence-corrected chi connectivity index (χ0v) is 13.1. The molecule has 1 aliphatic carbocycles. The van der Waals surface area contributed by atoms with Crippen LogP contribution in [0.15, 0.2) is 30.3 Å². The lowest BCUT2D eigenvalue weighted by Crippen LogP contribution is -2.09. The highest BCUT2D eigenvalue weighted by Crippen LogP contribution is 2.26. The summed E-state index contributed by atoms with van der Waals surface area (Å²) in [7, 11) is 0. The third-order valence-corrected chi connectivity index (χ3v) is 4.18. The first-order valence-electron chi connectivity index (χ1n) is 6.72. The maximum Gasteiger partial charge on any atom is 0.148 e. The molecule has 0 bridgehead atoms. The summed E-state index contributed by atoms with van der Waals surface area (Å²) >= 11 is 2.28. The number of pyridine rings is 1. The molecule has 1 N–H and O–H groups in total. The molecule has 100 valence electrons. The predicted molar refractivity (Wildman–Crippen MR) is 88.0 cm³/mol. The molecule has 4 heteroatoms. The van der Waals surface area contributed by atoms with Crippen molar-refractivity contribution in [1.82, 2.24) is 4.98 Å². The molecule has 0 aliphatic heterocycles. The van der Waals surface area contributed by atoms with Crippen LogP contribution in [0.1, 0.15) is 29.7 Å².